The van der Waals surface area contributed by atoms with Crippen molar-refractivity contribution < 1.29 is 19.0 Å². The van der Waals surface area contributed by atoms with Gasteiger partial charge >= 0.3 is 5.97 Å². The van der Waals surface area contributed by atoms with Crippen LogP contribution in [0.3, 0.4) is 0 Å². The quantitative estimate of drug-likeness (QED) is 0.506. The number of methoxy groups -OCH3 is 2. The van der Waals surface area contributed by atoms with E-state index in [1.807, 2.05) is 42.5 Å². The van der Waals surface area contributed by atoms with E-state index in [1.54, 1.807) is 30.3 Å². The fourth-order valence-corrected chi connectivity index (χ4v) is 2.44. The molecule has 0 aliphatic carbocycles. The van der Waals surface area contributed by atoms with Crippen LogP contribution in [-0.2, 0) is 0 Å². The first-order valence-corrected chi connectivity index (χ1v) is 7.80. The SMILES string of the molecule is COc1cc(OC)cc(C(=O)Oc2ccc(-c3ccccc3)cc2)c1. The summed E-state index contributed by atoms with van der Waals surface area (Å²) in [5.41, 5.74) is 2.53. The number of esters is 1. The predicted octanol–water partition coefficient (Wildman–Crippen LogP) is 4.59. The van der Waals surface area contributed by atoms with Gasteiger partial charge in [0.05, 0.1) is 19.8 Å². The Bertz CT molecular complexity index is 833. The zero-order chi connectivity index (χ0) is 17.6. The molecule has 3 aromatic carbocycles. The molecule has 0 unspecified atom stereocenters. The Morgan fingerprint density at radius 1 is 0.680 bits per heavy atom. The van der Waals surface area contributed by atoms with Crippen molar-refractivity contribution in [3.8, 4) is 28.4 Å². The summed E-state index contributed by atoms with van der Waals surface area (Å²) in [7, 11) is 3.07. The molecular formula is C21H18O4. The highest BCUT2D eigenvalue weighted by atomic mass is 16.5. The van der Waals surface area contributed by atoms with Gasteiger partial charge in [-0.3, -0.25) is 0 Å². The van der Waals surface area contributed by atoms with Gasteiger partial charge in [0.1, 0.15) is 17.2 Å². The summed E-state index contributed by atoms with van der Waals surface area (Å²) in [6.07, 6.45) is 0. The molecule has 3 rings (SSSR count). The first-order chi connectivity index (χ1) is 12.2. The van der Waals surface area contributed by atoms with Crippen LogP contribution in [0.15, 0.2) is 72.8 Å². The summed E-state index contributed by atoms with van der Waals surface area (Å²) in [4.78, 5) is 12.4. The summed E-state index contributed by atoms with van der Waals surface area (Å²) in [5.74, 6) is 1.08. The van der Waals surface area contributed by atoms with Crippen LogP contribution in [0.5, 0.6) is 17.2 Å². The molecule has 0 aliphatic heterocycles. The second kappa shape index (κ2) is 7.53. The Morgan fingerprint density at radius 2 is 1.24 bits per heavy atom. The van der Waals surface area contributed by atoms with Crippen LogP contribution in [0, 0.1) is 0 Å². The minimum absolute atomic E-state index is 0.364. The van der Waals surface area contributed by atoms with Crippen LogP contribution in [0.4, 0.5) is 0 Å². The number of rotatable bonds is 5. The highest BCUT2D eigenvalue weighted by Gasteiger charge is 2.12. The van der Waals surface area contributed by atoms with Crippen LogP contribution in [-0.4, -0.2) is 20.2 Å². The molecule has 4 heteroatoms. The standard InChI is InChI=1S/C21H18O4/c1-23-19-12-17(13-20(14-19)24-2)21(22)25-18-10-8-16(9-11-18)15-6-4-3-5-7-15/h3-14H,1-2H3. The van der Waals surface area contributed by atoms with Crippen molar-refractivity contribution in [3.63, 3.8) is 0 Å². The number of hydrogen-bond acceptors (Lipinski definition) is 4. The van der Waals surface area contributed by atoms with Gasteiger partial charge in [-0.15, -0.1) is 0 Å². The largest absolute Gasteiger partial charge is 0.497 e. The van der Waals surface area contributed by atoms with Gasteiger partial charge in [-0.2, -0.15) is 0 Å². The summed E-state index contributed by atoms with van der Waals surface area (Å²) in [6, 6.07) is 22.3. The Balaban J connectivity index is 1.77. The minimum atomic E-state index is -0.468. The van der Waals surface area contributed by atoms with Gasteiger partial charge in [0.25, 0.3) is 0 Å². The van der Waals surface area contributed by atoms with E-state index in [-0.39, 0.29) is 0 Å². The highest BCUT2D eigenvalue weighted by molar-refractivity contribution is 5.92. The van der Waals surface area contributed by atoms with Crippen molar-refractivity contribution in [3.05, 3.63) is 78.4 Å². The highest BCUT2D eigenvalue weighted by Crippen LogP contribution is 2.25. The molecule has 0 fully saturated rings. The second-order valence-corrected chi connectivity index (χ2v) is 5.38. The van der Waals surface area contributed by atoms with Gasteiger partial charge in [0.2, 0.25) is 0 Å². The number of carbonyl (C=O) groups excluding carboxylic acids is 1. The molecule has 3 aromatic rings. The number of ether oxygens (including phenoxy) is 3. The monoisotopic (exact) mass is 334 g/mol. The maximum absolute atomic E-state index is 12.4. The van der Waals surface area contributed by atoms with Gasteiger partial charge < -0.3 is 14.2 Å². The lowest BCUT2D eigenvalue weighted by molar-refractivity contribution is 0.0734. The molecular weight excluding hydrogens is 316 g/mol. The van der Waals surface area contributed by atoms with E-state index < -0.39 is 5.97 Å². The normalized spacial score (nSPS) is 10.2. The van der Waals surface area contributed by atoms with E-state index in [0.29, 0.717) is 22.8 Å². The Morgan fingerprint density at radius 3 is 1.80 bits per heavy atom. The van der Waals surface area contributed by atoms with E-state index in [0.717, 1.165) is 11.1 Å². The predicted molar refractivity (Wildman–Crippen MR) is 96.4 cm³/mol. The lowest BCUT2D eigenvalue weighted by Crippen LogP contribution is -2.09. The van der Waals surface area contributed by atoms with Crippen LogP contribution in [0.1, 0.15) is 10.4 Å². The van der Waals surface area contributed by atoms with Gasteiger partial charge in [0, 0.05) is 6.07 Å². The molecule has 0 heterocycles. The molecule has 25 heavy (non-hydrogen) atoms. The Hall–Kier alpha value is -3.27. The molecule has 4 nitrogen and oxygen atoms in total. The maximum Gasteiger partial charge on any atom is 0.343 e. The van der Waals surface area contributed by atoms with Crippen molar-refractivity contribution in [1.29, 1.82) is 0 Å². The van der Waals surface area contributed by atoms with E-state index in [1.165, 1.54) is 14.2 Å². The lowest BCUT2D eigenvalue weighted by atomic mass is 10.1. The number of hydrogen-bond donors (Lipinski definition) is 0. The summed E-state index contributed by atoms with van der Waals surface area (Å²) in [6.45, 7) is 0. The molecule has 0 N–H and O–H groups in total. The fourth-order valence-electron chi connectivity index (χ4n) is 2.44. The number of carbonyl (C=O) groups is 1. The third-order valence-corrected chi connectivity index (χ3v) is 3.76. The van der Waals surface area contributed by atoms with E-state index in [4.69, 9.17) is 14.2 Å². The van der Waals surface area contributed by atoms with Crippen LogP contribution in [0.25, 0.3) is 11.1 Å². The zero-order valence-electron chi connectivity index (χ0n) is 14.1. The molecule has 0 spiro atoms. The average Bonchev–Trinajstić information content (AvgIpc) is 2.68. The molecule has 0 aliphatic rings. The van der Waals surface area contributed by atoms with Crippen LogP contribution < -0.4 is 14.2 Å². The molecule has 0 aromatic heterocycles. The van der Waals surface area contributed by atoms with Crippen molar-refractivity contribution >= 4 is 5.97 Å². The molecule has 0 radical (unpaired) electrons. The van der Waals surface area contributed by atoms with Crippen LogP contribution >= 0.6 is 0 Å². The minimum Gasteiger partial charge on any atom is -0.497 e. The third-order valence-electron chi connectivity index (χ3n) is 3.76. The first kappa shape index (κ1) is 16.6. The fraction of sp³-hybridized carbons (Fsp3) is 0.0952. The molecule has 0 amide bonds. The van der Waals surface area contributed by atoms with Gasteiger partial charge in [0.15, 0.2) is 0 Å². The van der Waals surface area contributed by atoms with Crippen molar-refractivity contribution in [2.24, 2.45) is 0 Å². The summed E-state index contributed by atoms with van der Waals surface area (Å²) < 4.78 is 15.8. The number of benzene rings is 3. The lowest BCUT2D eigenvalue weighted by Gasteiger charge is -2.09. The Kier molecular flexibility index (Phi) is 5.00. The second-order valence-electron chi connectivity index (χ2n) is 5.38. The van der Waals surface area contributed by atoms with E-state index >= 15 is 0 Å². The molecule has 0 saturated carbocycles. The van der Waals surface area contributed by atoms with Gasteiger partial charge in [-0.25, -0.2) is 4.79 Å². The van der Waals surface area contributed by atoms with E-state index in [2.05, 4.69) is 0 Å². The topological polar surface area (TPSA) is 44.8 Å². The molecule has 0 saturated heterocycles. The zero-order valence-corrected chi connectivity index (χ0v) is 14.1. The smallest absolute Gasteiger partial charge is 0.343 e. The maximum atomic E-state index is 12.4. The van der Waals surface area contributed by atoms with Gasteiger partial charge in [-0.05, 0) is 35.4 Å². The van der Waals surface area contributed by atoms with Crippen molar-refractivity contribution in [2.75, 3.05) is 14.2 Å². The van der Waals surface area contributed by atoms with Crippen molar-refractivity contribution in [2.45, 2.75) is 0 Å². The third kappa shape index (κ3) is 3.98. The van der Waals surface area contributed by atoms with E-state index in [9.17, 15) is 4.79 Å². The summed E-state index contributed by atoms with van der Waals surface area (Å²) >= 11 is 0. The average molecular weight is 334 g/mol. The van der Waals surface area contributed by atoms with Crippen LogP contribution in [0.2, 0.25) is 0 Å². The first-order valence-electron chi connectivity index (χ1n) is 7.80. The molecule has 0 atom stereocenters. The Labute approximate surface area is 146 Å². The summed E-state index contributed by atoms with van der Waals surface area (Å²) in [5, 5.41) is 0. The molecule has 0 bridgehead atoms. The van der Waals surface area contributed by atoms with Gasteiger partial charge in [-0.1, -0.05) is 42.5 Å². The molecule has 126 valence electrons. The van der Waals surface area contributed by atoms with Crippen molar-refractivity contribution in [1.82, 2.24) is 0 Å².